The molecule has 166 valence electrons. The van der Waals surface area contributed by atoms with Crippen molar-refractivity contribution in [3.63, 3.8) is 0 Å². The van der Waals surface area contributed by atoms with E-state index in [0.29, 0.717) is 29.8 Å². The molecule has 3 heterocycles. The second kappa shape index (κ2) is 8.18. The van der Waals surface area contributed by atoms with E-state index in [1.54, 1.807) is 26.6 Å². The highest BCUT2D eigenvalue weighted by atomic mass is 16.5. The summed E-state index contributed by atoms with van der Waals surface area (Å²) < 4.78 is 19.3. The van der Waals surface area contributed by atoms with E-state index in [9.17, 15) is 4.79 Å². The third kappa shape index (κ3) is 3.88. The maximum atomic E-state index is 11.8. The number of methoxy groups -OCH3 is 2. The lowest BCUT2D eigenvalue weighted by Crippen LogP contribution is -2.25. The second-order valence-electron chi connectivity index (χ2n) is 8.33. The molecule has 1 saturated carbocycles. The van der Waals surface area contributed by atoms with Crippen LogP contribution in [-0.4, -0.2) is 47.3 Å². The number of rotatable bonds is 8. The number of nitrogens with zero attached hydrogens (tertiary/aromatic N) is 3. The lowest BCUT2D eigenvalue weighted by molar-refractivity contribution is -0.115. The molecule has 3 aromatic rings. The Labute approximate surface area is 186 Å². The molecule has 0 unspecified atom stereocenters. The molecule has 0 radical (unpaired) electrons. The Morgan fingerprint density at radius 2 is 2.00 bits per heavy atom. The van der Waals surface area contributed by atoms with Crippen LogP contribution >= 0.6 is 0 Å². The fourth-order valence-corrected chi connectivity index (χ4v) is 4.10. The average Bonchev–Trinajstić information content (AvgIpc) is 3.39. The summed E-state index contributed by atoms with van der Waals surface area (Å²) in [5, 5.41) is 2.86. The van der Waals surface area contributed by atoms with Crippen molar-refractivity contribution in [2.45, 2.75) is 25.4 Å². The molecule has 1 aliphatic carbocycles. The molecule has 0 bridgehead atoms. The molecule has 1 fully saturated rings. The maximum Gasteiger partial charge on any atom is 0.244 e. The van der Waals surface area contributed by atoms with E-state index in [2.05, 4.69) is 10.3 Å². The first-order chi connectivity index (χ1) is 15.6. The largest absolute Gasteiger partial charge is 0.493 e. The summed E-state index contributed by atoms with van der Waals surface area (Å²) in [7, 11) is 5.15. The molecule has 1 N–H and O–H groups in total. The third-order valence-electron chi connectivity index (χ3n) is 6.04. The zero-order valence-electron chi connectivity index (χ0n) is 18.4. The standard InChI is InChI=1S/C24H26N4O4/c1-28-13-26-18-11-17(15-6-7-19(30-2)21(9-15)31-3)27-24(23(18)28)32-20(8-14-4-5-14)16-10-22(29)25-12-16/h6-7,9-11,13-14,20H,4-5,8,12H2,1-3H3,(H,25,29)/t20-/m1/s1. The number of ether oxygens (including phenoxy) is 3. The van der Waals surface area contributed by atoms with Gasteiger partial charge in [0.1, 0.15) is 11.6 Å². The van der Waals surface area contributed by atoms with Gasteiger partial charge in [-0.2, -0.15) is 0 Å². The number of pyridine rings is 1. The number of hydrogen-bond acceptors (Lipinski definition) is 6. The molecule has 32 heavy (non-hydrogen) atoms. The van der Waals surface area contributed by atoms with Gasteiger partial charge in [0.25, 0.3) is 0 Å². The van der Waals surface area contributed by atoms with Gasteiger partial charge >= 0.3 is 0 Å². The molecular formula is C24H26N4O4. The lowest BCUT2D eigenvalue weighted by atomic mass is 10.0. The Morgan fingerprint density at radius 3 is 2.69 bits per heavy atom. The Kier molecular flexibility index (Phi) is 5.20. The second-order valence-corrected chi connectivity index (χ2v) is 8.33. The van der Waals surface area contributed by atoms with E-state index in [0.717, 1.165) is 34.3 Å². The zero-order valence-corrected chi connectivity index (χ0v) is 18.4. The summed E-state index contributed by atoms with van der Waals surface area (Å²) in [4.78, 5) is 21.2. The highest BCUT2D eigenvalue weighted by Crippen LogP contribution is 2.38. The number of fused-ring (bicyclic) bond motifs is 1. The maximum absolute atomic E-state index is 11.8. The van der Waals surface area contributed by atoms with Gasteiger partial charge in [0.15, 0.2) is 11.5 Å². The molecule has 1 aromatic carbocycles. The molecule has 1 atom stereocenters. The van der Waals surface area contributed by atoms with E-state index in [1.807, 2.05) is 35.9 Å². The van der Waals surface area contributed by atoms with Gasteiger partial charge in [-0.05, 0) is 42.2 Å². The number of benzene rings is 1. The summed E-state index contributed by atoms with van der Waals surface area (Å²) in [6.45, 7) is 0.514. The van der Waals surface area contributed by atoms with Crippen molar-refractivity contribution in [2.75, 3.05) is 20.8 Å². The van der Waals surface area contributed by atoms with Crippen LogP contribution in [0.1, 0.15) is 19.3 Å². The van der Waals surface area contributed by atoms with Gasteiger partial charge in [-0.15, -0.1) is 0 Å². The molecule has 1 amide bonds. The van der Waals surface area contributed by atoms with Gasteiger partial charge in [-0.3, -0.25) is 4.79 Å². The van der Waals surface area contributed by atoms with E-state index in [1.165, 1.54) is 12.8 Å². The Bertz CT molecular complexity index is 1210. The fourth-order valence-electron chi connectivity index (χ4n) is 4.10. The number of carbonyl (C=O) groups is 1. The van der Waals surface area contributed by atoms with Crippen LogP contribution in [0.25, 0.3) is 22.3 Å². The summed E-state index contributed by atoms with van der Waals surface area (Å²) in [6.07, 6.45) is 6.50. The summed E-state index contributed by atoms with van der Waals surface area (Å²) >= 11 is 0. The number of imidazole rings is 1. The highest BCUT2D eigenvalue weighted by Gasteiger charge is 2.31. The van der Waals surface area contributed by atoms with Crippen molar-refractivity contribution in [3.8, 4) is 28.6 Å². The fraction of sp³-hybridized carbons (Fsp3) is 0.375. The monoisotopic (exact) mass is 434 g/mol. The van der Waals surface area contributed by atoms with Gasteiger partial charge < -0.3 is 24.1 Å². The highest BCUT2D eigenvalue weighted by molar-refractivity contribution is 5.91. The van der Waals surface area contributed by atoms with Crippen molar-refractivity contribution in [3.05, 3.63) is 42.2 Å². The summed E-state index contributed by atoms with van der Waals surface area (Å²) in [6, 6.07) is 7.63. The van der Waals surface area contributed by atoms with Crippen molar-refractivity contribution >= 4 is 16.9 Å². The summed E-state index contributed by atoms with van der Waals surface area (Å²) in [5.74, 6) is 2.36. The number of nitrogens with one attached hydrogen (secondary N) is 1. The van der Waals surface area contributed by atoms with Crippen molar-refractivity contribution in [2.24, 2.45) is 13.0 Å². The first-order valence-electron chi connectivity index (χ1n) is 10.7. The Balaban J connectivity index is 1.56. The van der Waals surface area contributed by atoms with E-state index in [4.69, 9.17) is 19.2 Å². The van der Waals surface area contributed by atoms with Gasteiger partial charge in [-0.25, -0.2) is 9.97 Å². The molecule has 2 aromatic heterocycles. The zero-order chi connectivity index (χ0) is 22.2. The van der Waals surface area contributed by atoms with Gasteiger partial charge in [0.05, 0.1) is 31.8 Å². The van der Waals surface area contributed by atoms with Crippen LogP contribution in [0, 0.1) is 5.92 Å². The van der Waals surface area contributed by atoms with Crippen molar-refractivity contribution in [1.82, 2.24) is 19.9 Å². The van der Waals surface area contributed by atoms with Crippen molar-refractivity contribution < 1.29 is 19.0 Å². The smallest absolute Gasteiger partial charge is 0.244 e. The molecule has 8 heteroatoms. The first kappa shape index (κ1) is 20.4. The minimum Gasteiger partial charge on any atom is -0.493 e. The molecular weight excluding hydrogens is 408 g/mol. The van der Waals surface area contributed by atoms with Crippen LogP contribution in [0.4, 0.5) is 0 Å². The van der Waals surface area contributed by atoms with E-state index < -0.39 is 0 Å². The van der Waals surface area contributed by atoms with Gasteiger partial charge in [-0.1, -0.05) is 12.8 Å². The van der Waals surface area contributed by atoms with Crippen LogP contribution in [0.5, 0.6) is 17.4 Å². The predicted octanol–water partition coefficient (Wildman–Crippen LogP) is 3.26. The number of carbonyl (C=O) groups excluding carboxylic acids is 1. The molecule has 1 aliphatic heterocycles. The lowest BCUT2D eigenvalue weighted by Gasteiger charge is -2.20. The summed E-state index contributed by atoms with van der Waals surface area (Å²) in [5.41, 5.74) is 4.19. The number of aromatic nitrogens is 3. The molecule has 5 rings (SSSR count). The predicted molar refractivity (Wildman–Crippen MR) is 120 cm³/mol. The molecule has 2 aliphatic rings. The first-order valence-corrected chi connectivity index (χ1v) is 10.7. The minimum absolute atomic E-state index is 0.0675. The van der Waals surface area contributed by atoms with Gasteiger partial charge in [0.2, 0.25) is 11.8 Å². The van der Waals surface area contributed by atoms with Crippen LogP contribution in [-0.2, 0) is 11.8 Å². The Hall–Kier alpha value is -3.55. The molecule has 8 nitrogen and oxygen atoms in total. The van der Waals surface area contributed by atoms with Crippen LogP contribution in [0.15, 0.2) is 42.2 Å². The topological polar surface area (TPSA) is 87.5 Å². The average molecular weight is 434 g/mol. The van der Waals surface area contributed by atoms with E-state index in [-0.39, 0.29) is 12.0 Å². The normalized spacial score (nSPS) is 16.6. The van der Waals surface area contributed by atoms with Crippen molar-refractivity contribution in [1.29, 1.82) is 0 Å². The number of hydrogen-bond donors (Lipinski definition) is 1. The number of aryl methyl sites for hydroxylation is 1. The SMILES string of the molecule is COc1ccc(-c2cc3ncn(C)c3c(O[C@H](CC3CC3)C3=CC(=O)NC3)n2)cc1OC. The third-order valence-corrected chi connectivity index (χ3v) is 6.04. The van der Waals surface area contributed by atoms with Crippen LogP contribution in [0.2, 0.25) is 0 Å². The molecule has 0 spiro atoms. The van der Waals surface area contributed by atoms with E-state index >= 15 is 0 Å². The minimum atomic E-state index is -0.201. The van der Waals surface area contributed by atoms with Crippen LogP contribution in [0.3, 0.4) is 0 Å². The Morgan fingerprint density at radius 1 is 1.19 bits per heavy atom. The van der Waals surface area contributed by atoms with Gasteiger partial charge in [0, 0.05) is 25.2 Å². The van der Waals surface area contributed by atoms with Crippen LogP contribution < -0.4 is 19.5 Å². The molecule has 0 saturated heterocycles. The number of amides is 1. The quantitative estimate of drug-likeness (QED) is 0.586.